The van der Waals surface area contributed by atoms with Crippen LogP contribution in [0.2, 0.25) is 0 Å². The van der Waals surface area contributed by atoms with Gasteiger partial charge in [-0.25, -0.2) is 9.97 Å². The second-order valence-electron chi connectivity index (χ2n) is 14.7. The zero-order valence-electron chi connectivity index (χ0n) is 30.3. The lowest BCUT2D eigenvalue weighted by atomic mass is 9.89. The van der Waals surface area contributed by atoms with E-state index >= 15 is 0 Å². The van der Waals surface area contributed by atoms with Crippen molar-refractivity contribution in [2.75, 3.05) is 0 Å². The molecule has 0 amide bonds. The van der Waals surface area contributed by atoms with Gasteiger partial charge in [0.05, 0.1) is 15.9 Å². The number of rotatable bonds is 4. The lowest BCUT2D eigenvalue weighted by molar-refractivity contribution is 0.669. The average Bonchev–Trinajstić information content (AvgIpc) is 3.84. The SMILES string of the molecule is C1=Cc2ccc3c(ccc4cc(-c5nc(-c6cc(-c7ccccc7-c7ccccc7)cc7oc8ccccc8c67)nc6c5sc5ccccc56)ccc43)c2CC1. The minimum Gasteiger partial charge on any atom is -0.456 e. The fourth-order valence-electron chi connectivity index (χ4n) is 8.94. The van der Waals surface area contributed by atoms with Crippen LogP contribution in [0.15, 0.2) is 168 Å². The lowest BCUT2D eigenvalue weighted by Gasteiger charge is -2.15. The van der Waals surface area contributed by atoms with Gasteiger partial charge in [0.25, 0.3) is 0 Å². The highest BCUT2D eigenvalue weighted by Crippen LogP contribution is 2.45. The maximum Gasteiger partial charge on any atom is 0.161 e. The predicted molar refractivity (Wildman–Crippen MR) is 236 cm³/mol. The fraction of sp³-hybridized carbons (Fsp3) is 0.0385. The zero-order chi connectivity index (χ0) is 36.7. The van der Waals surface area contributed by atoms with Crippen molar-refractivity contribution in [3.05, 3.63) is 175 Å². The standard InChI is InChI=1S/C52H32N2OS/c1-2-12-31(13-3-1)36-15-6-7-17-38(36)35-29-44(48-42-18-8-10-20-45(42)55-46(48)30-35)52-53-49(51-50(54-52)43-19-9-11-21-47(43)56-51)34-24-25-39-33(28-34)23-27-40-37-16-5-4-14-32(37)22-26-41(39)40/h1-4,6-15,17-30H,5,16H2. The molecule has 0 N–H and O–H groups in total. The van der Waals surface area contributed by atoms with Crippen molar-refractivity contribution in [1.82, 2.24) is 9.97 Å². The van der Waals surface area contributed by atoms with E-state index in [1.54, 1.807) is 11.3 Å². The van der Waals surface area contributed by atoms with Gasteiger partial charge in [-0.15, -0.1) is 11.3 Å². The van der Waals surface area contributed by atoms with Crippen molar-refractivity contribution in [1.29, 1.82) is 0 Å². The Morgan fingerprint density at radius 1 is 0.518 bits per heavy atom. The Kier molecular flexibility index (Phi) is 6.92. The third-order valence-electron chi connectivity index (χ3n) is 11.6. The molecule has 12 rings (SSSR count). The number of benzene rings is 8. The molecule has 3 heterocycles. The number of para-hydroxylation sites is 1. The van der Waals surface area contributed by atoms with Crippen LogP contribution in [0, 0.1) is 0 Å². The first kappa shape index (κ1) is 31.5. The first-order valence-electron chi connectivity index (χ1n) is 19.2. The van der Waals surface area contributed by atoms with Gasteiger partial charge in [-0.1, -0.05) is 140 Å². The molecule has 11 aromatic rings. The van der Waals surface area contributed by atoms with Crippen LogP contribution in [0.25, 0.3) is 115 Å². The smallest absolute Gasteiger partial charge is 0.161 e. The average molecular weight is 733 g/mol. The normalized spacial score (nSPS) is 12.8. The van der Waals surface area contributed by atoms with Gasteiger partial charge in [0.1, 0.15) is 11.2 Å². The highest BCUT2D eigenvalue weighted by molar-refractivity contribution is 7.26. The van der Waals surface area contributed by atoms with Crippen molar-refractivity contribution < 1.29 is 4.42 Å². The third-order valence-corrected chi connectivity index (χ3v) is 12.7. The Hall–Kier alpha value is -6.88. The van der Waals surface area contributed by atoms with Gasteiger partial charge in [-0.05, 0) is 98.1 Å². The van der Waals surface area contributed by atoms with E-state index in [4.69, 9.17) is 14.4 Å². The Morgan fingerprint density at radius 3 is 2.20 bits per heavy atom. The quantitative estimate of drug-likeness (QED) is 0.169. The molecular weight excluding hydrogens is 701 g/mol. The van der Waals surface area contributed by atoms with E-state index in [9.17, 15) is 0 Å². The number of furan rings is 1. The Bertz CT molecular complexity index is 3430. The van der Waals surface area contributed by atoms with Gasteiger partial charge >= 0.3 is 0 Å². The summed E-state index contributed by atoms with van der Waals surface area (Å²) in [5.41, 5.74) is 12.9. The van der Waals surface area contributed by atoms with Crippen molar-refractivity contribution in [2.24, 2.45) is 0 Å². The monoisotopic (exact) mass is 732 g/mol. The number of aromatic nitrogens is 2. The van der Waals surface area contributed by atoms with Crippen LogP contribution < -0.4 is 0 Å². The topological polar surface area (TPSA) is 38.9 Å². The number of hydrogen-bond acceptors (Lipinski definition) is 4. The van der Waals surface area contributed by atoms with Crippen molar-refractivity contribution in [3.8, 4) is 44.9 Å². The number of nitrogens with zero attached hydrogens (tertiary/aromatic N) is 2. The van der Waals surface area contributed by atoms with Crippen molar-refractivity contribution >= 4 is 81.2 Å². The molecule has 1 aliphatic rings. The summed E-state index contributed by atoms with van der Waals surface area (Å²) in [5, 5.41) is 8.35. The van der Waals surface area contributed by atoms with E-state index in [0.29, 0.717) is 5.82 Å². The highest BCUT2D eigenvalue weighted by Gasteiger charge is 2.22. The highest BCUT2D eigenvalue weighted by atomic mass is 32.1. The fourth-order valence-corrected chi connectivity index (χ4v) is 10.1. The molecule has 1 aliphatic carbocycles. The first-order chi connectivity index (χ1) is 27.7. The molecule has 0 aliphatic heterocycles. The molecule has 8 aromatic carbocycles. The second-order valence-corrected chi connectivity index (χ2v) is 15.8. The molecule has 3 aromatic heterocycles. The zero-order valence-corrected chi connectivity index (χ0v) is 31.1. The maximum atomic E-state index is 6.64. The molecule has 56 heavy (non-hydrogen) atoms. The molecule has 0 fully saturated rings. The number of fused-ring (bicyclic) bond motifs is 11. The Morgan fingerprint density at radius 2 is 1.29 bits per heavy atom. The van der Waals surface area contributed by atoms with Gasteiger partial charge in [0.15, 0.2) is 5.82 Å². The molecule has 262 valence electrons. The lowest BCUT2D eigenvalue weighted by Crippen LogP contribution is -1.96. The summed E-state index contributed by atoms with van der Waals surface area (Å²) in [7, 11) is 0. The van der Waals surface area contributed by atoms with Crippen LogP contribution in [0.1, 0.15) is 17.5 Å². The molecule has 0 unspecified atom stereocenters. The van der Waals surface area contributed by atoms with Crippen molar-refractivity contribution in [2.45, 2.75) is 12.8 Å². The van der Waals surface area contributed by atoms with Crippen LogP contribution in [0.4, 0.5) is 0 Å². The largest absolute Gasteiger partial charge is 0.456 e. The molecule has 3 nitrogen and oxygen atoms in total. The van der Waals surface area contributed by atoms with Crippen molar-refractivity contribution in [3.63, 3.8) is 0 Å². The Balaban J connectivity index is 1.13. The molecule has 4 heteroatoms. The summed E-state index contributed by atoms with van der Waals surface area (Å²) in [5.74, 6) is 0.685. The maximum absolute atomic E-state index is 6.64. The summed E-state index contributed by atoms with van der Waals surface area (Å²) in [6.07, 6.45) is 6.73. The van der Waals surface area contributed by atoms with E-state index in [0.717, 1.165) is 83.9 Å². The minimum atomic E-state index is 0.685. The van der Waals surface area contributed by atoms with Crippen LogP contribution in [-0.2, 0) is 6.42 Å². The molecule has 0 saturated carbocycles. The summed E-state index contributed by atoms with van der Waals surface area (Å²) < 4.78 is 8.93. The van der Waals surface area contributed by atoms with Crippen LogP contribution in [-0.4, -0.2) is 9.97 Å². The van der Waals surface area contributed by atoms with Gasteiger partial charge in [-0.3, -0.25) is 0 Å². The number of hydrogen-bond donors (Lipinski definition) is 0. The summed E-state index contributed by atoms with van der Waals surface area (Å²) in [6, 6.07) is 56.6. The summed E-state index contributed by atoms with van der Waals surface area (Å²) in [6.45, 7) is 0. The molecule has 0 spiro atoms. The van der Waals surface area contributed by atoms with E-state index in [1.165, 1.54) is 42.9 Å². The van der Waals surface area contributed by atoms with Gasteiger partial charge in [0.2, 0.25) is 0 Å². The van der Waals surface area contributed by atoms with Crippen LogP contribution in [0.3, 0.4) is 0 Å². The summed E-state index contributed by atoms with van der Waals surface area (Å²) >= 11 is 1.77. The molecule has 0 atom stereocenters. The van der Waals surface area contributed by atoms with Gasteiger partial charge in [0, 0.05) is 32.0 Å². The van der Waals surface area contributed by atoms with E-state index in [2.05, 4.69) is 158 Å². The molecular formula is C52H32N2OS. The predicted octanol–water partition coefficient (Wildman–Crippen LogP) is 14.7. The second kappa shape index (κ2) is 12.3. The van der Waals surface area contributed by atoms with Crippen LogP contribution in [0.5, 0.6) is 0 Å². The first-order valence-corrected chi connectivity index (χ1v) is 20.0. The molecule has 0 saturated heterocycles. The van der Waals surface area contributed by atoms with E-state index in [1.807, 2.05) is 12.1 Å². The number of thiophene rings is 1. The van der Waals surface area contributed by atoms with Gasteiger partial charge < -0.3 is 4.42 Å². The third kappa shape index (κ3) is 4.83. The van der Waals surface area contributed by atoms with Crippen LogP contribution >= 0.6 is 11.3 Å². The van der Waals surface area contributed by atoms with E-state index in [-0.39, 0.29) is 0 Å². The number of aryl methyl sites for hydroxylation is 1. The van der Waals surface area contributed by atoms with Gasteiger partial charge in [-0.2, -0.15) is 0 Å². The number of allylic oxidation sites excluding steroid dienone is 1. The molecule has 0 bridgehead atoms. The minimum absolute atomic E-state index is 0.685. The Labute approximate surface area is 326 Å². The molecule has 0 radical (unpaired) electrons. The van der Waals surface area contributed by atoms with E-state index < -0.39 is 0 Å². The summed E-state index contributed by atoms with van der Waals surface area (Å²) in [4.78, 5) is 11.0.